The Bertz CT molecular complexity index is 546. The Kier molecular flexibility index (Phi) is 5.40. The van der Waals surface area contributed by atoms with E-state index in [9.17, 15) is 14.4 Å². The number of aromatic nitrogens is 2. The number of carbonyl (C=O) groups excluding carboxylic acids is 1. The summed E-state index contributed by atoms with van der Waals surface area (Å²) in [5.41, 5.74) is 0.514. The first-order chi connectivity index (χ1) is 9.81. The summed E-state index contributed by atoms with van der Waals surface area (Å²) in [5, 5.41) is 19.6. The highest BCUT2D eigenvalue weighted by Crippen LogP contribution is 2.11. The molecule has 1 aromatic rings. The van der Waals surface area contributed by atoms with E-state index in [0.29, 0.717) is 10.6 Å². The molecule has 0 aromatic carbocycles. The van der Waals surface area contributed by atoms with Crippen LogP contribution >= 0.6 is 0 Å². The van der Waals surface area contributed by atoms with Crippen LogP contribution in [0.2, 0.25) is 0 Å². The van der Waals surface area contributed by atoms with Crippen LogP contribution < -0.4 is 10.1 Å². The first-order valence-electron chi connectivity index (χ1n) is 5.71. The lowest BCUT2D eigenvalue weighted by Gasteiger charge is -2.18. The standard InChI is InChI=1S/C11H14N4O6/c1-6-3-7(21-2)13-10(12-6)14-11(20)15(4-8(16)17)5-9(18)19/h3H,4-5H2,1-2H3,(H,16,17)(H,18,19)(H,12,13,14,20). The molecule has 1 rings (SSSR count). The summed E-state index contributed by atoms with van der Waals surface area (Å²) in [4.78, 5) is 41.5. The molecular weight excluding hydrogens is 284 g/mol. The number of aryl methyl sites for hydroxylation is 1. The van der Waals surface area contributed by atoms with Crippen molar-refractivity contribution in [2.75, 3.05) is 25.5 Å². The lowest BCUT2D eigenvalue weighted by atomic mass is 10.4. The molecule has 2 amide bonds. The topological polar surface area (TPSA) is 142 Å². The molecular formula is C11H14N4O6. The molecule has 0 saturated heterocycles. The van der Waals surface area contributed by atoms with E-state index in [4.69, 9.17) is 14.9 Å². The van der Waals surface area contributed by atoms with Crippen LogP contribution in [0.3, 0.4) is 0 Å². The molecule has 0 bridgehead atoms. The number of carboxylic acid groups (broad SMARTS) is 2. The zero-order valence-electron chi connectivity index (χ0n) is 11.4. The van der Waals surface area contributed by atoms with E-state index < -0.39 is 31.1 Å². The minimum Gasteiger partial charge on any atom is -0.481 e. The van der Waals surface area contributed by atoms with E-state index >= 15 is 0 Å². The first-order valence-corrected chi connectivity index (χ1v) is 5.71. The molecule has 10 nitrogen and oxygen atoms in total. The Balaban J connectivity index is 2.87. The van der Waals surface area contributed by atoms with Crippen LogP contribution in [0.15, 0.2) is 6.07 Å². The van der Waals surface area contributed by atoms with Crippen molar-refractivity contribution in [2.24, 2.45) is 0 Å². The van der Waals surface area contributed by atoms with Gasteiger partial charge in [-0.15, -0.1) is 0 Å². The number of nitrogens with zero attached hydrogens (tertiary/aromatic N) is 3. The zero-order chi connectivity index (χ0) is 16.0. The van der Waals surface area contributed by atoms with Crippen molar-refractivity contribution in [2.45, 2.75) is 6.92 Å². The van der Waals surface area contributed by atoms with Crippen LogP contribution in [0, 0.1) is 6.92 Å². The van der Waals surface area contributed by atoms with Crippen molar-refractivity contribution >= 4 is 23.9 Å². The molecule has 0 atom stereocenters. The van der Waals surface area contributed by atoms with Crippen LogP contribution in [0.25, 0.3) is 0 Å². The molecule has 0 saturated carbocycles. The number of urea groups is 1. The quantitative estimate of drug-likeness (QED) is 0.655. The number of anilines is 1. The predicted octanol–water partition coefficient (Wildman–Crippen LogP) is -0.203. The molecule has 10 heteroatoms. The number of aliphatic carboxylic acids is 2. The number of ether oxygens (including phenoxy) is 1. The third-order valence-corrected chi connectivity index (χ3v) is 2.20. The summed E-state index contributed by atoms with van der Waals surface area (Å²) in [6.45, 7) is 0.119. The molecule has 0 aliphatic carbocycles. The minimum absolute atomic E-state index is 0.113. The Morgan fingerprint density at radius 3 is 2.29 bits per heavy atom. The number of carboxylic acids is 2. The summed E-state index contributed by atoms with van der Waals surface area (Å²) in [6, 6.07) is 0.592. The number of amides is 2. The number of nitrogens with one attached hydrogen (secondary N) is 1. The average Bonchev–Trinajstić information content (AvgIpc) is 2.35. The fourth-order valence-electron chi connectivity index (χ4n) is 1.40. The summed E-state index contributed by atoms with van der Waals surface area (Å²) in [7, 11) is 1.38. The Morgan fingerprint density at radius 1 is 1.24 bits per heavy atom. The van der Waals surface area contributed by atoms with Gasteiger partial charge in [0.05, 0.1) is 7.11 Å². The Hall–Kier alpha value is -2.91. The number of hydrogen-bond donors (Lipinski definition) is 3. The highest BCUT2D eigenvalue weighted by Gasteiger charge is 2.20. The molecule has 1 heterocycles. The molecule has 1 aromatic heterocycles. The van der Waals surface area contributed by atoms with Gasteiger partial charge in [0.25, 0.3) is 0 Å². The van der Waals surface area contributed by atoms with Gasteiger partial charge >= 0.3 is 18.0 Å². The van der Waals surface area contributed by atoms with Crippen molar-refractivity contribution in [3.05, 3.63) is 11.8 Å². The number of rotatable bonds is 6. The highest BCUT2D eigenvalue weighted by molar-refractivity contribution is 5.92. The Morgan fingerprint density at radius 2 is 1.81 bits per heavy atom. The molecule has 0 aliphatic heterocycles. The second kappa shape index (κ2) is 7.03. The number of methoxy groups -OCH3 is 1. The van der Waals surface area contributed by atoms with Crippen molar-refractivity contribution in [1.29, 1.82) is 0 Å². The molecule has 21 heavy (non-hydrogen) atoms. The van der Waals surface area contributed by atoms with Gasteiger partial charge in [-0.25, -0.2) is 9.78 Å². The molecule has 0 fully saturated rings. The van der Waals surface area contributed by atoms with Crippen LogP contribution in [-0.4, -0.2) is 63.2 Å². The van der Waals surface area contributed by atoms with Crippen LogP contribution in [0.5, 0.6) is 5.88 Å². The third-order valence-electron chi connectivity index (χ3n) is 2.20. The summed E-state index contributed by atoms with van der Waals surface area (Å²) in [5.74, 6) is -2.58. The normalized spacial score (nSPS) is 9.81. The second-order valence-corrected chi connectivity index (χ2v) is 3.95. The zero-order valence-corrected chi connectivity index (χ0v) is 11.4. The lowest BCUT2D eigenvalue weighted by Crippen LogP contribution is -2.42. The van der Waals surface area contributed by atoms with Gasteiger partial charge in [0.2, 0.25) is 11.8 Å². The summed E-state index contributed by atoms with van der Waals surface area (Å²) >= 11 is 0. The second-order valence-electron chi connectivity index (χ2n) is 3.95. The summed E-state index contributed by atoms with van der Waals surface area (Å²) < 4.78 is 4.90. The minimum atomic E-state index is -1.34. The molecule has 3 N–H and O–H groups in total. The SMILES string of the molecule is COc1cc(C)nc(NC(=O)N(CC(=O)O)CC(=O)O)n1. The fourth-order valence-corrected chi connectivity index (χ4v) is 1.40. The van der Waals surface area contributed by atoms with E-state index in [2.05, 4.69) is 15.3 Å². The lowest BCUT2D eigenvalue weighted by molar-refractivity contribution is -0.140. The van der Waals surface area contributed by atoms with Crippen molar-refractivity contribution < 1.29 is 29.3 Å². The van der Waals surface area contributed by atoms with Crippen LogP contribution in [-0.2, 0) is 9.59 Å². The van der Waals surface area contributed by atoms with Gasteiger partial charge in [0.1, 0.15) is 13.1 Å². The molecule has 114 valence electrons. The third kappa shape index (κ3) is 5.30. The van der Waals surface area contributed by atoms with Gasteiger partial charge in [-0.3, -0.25) is 14.9 Å². The van der Waals surface area contributed by atoms with E-state index in [-0.39, 0.29) is 11.8 Å². The van der Waals surface area contributed by atoms with E-state index in [1.54, 1.807) is 6.92 Å². The van der Waals surface area contributed by atoms with E-state index in [1.165, 1.54) is 13.2 Å². The number of hydrogen-bond acceptors (Lipinski definition) is 6. The predicted molar refractivity (Wildman–Crippen MR) is 69.2 cm³/mol. The van der Waals surface area contributed by atoms with E-state index in [1.807, 2.05) is 0 Å². The van der Waals surface area contributed by atoms with Gasteiger partial charge < -0.3 is 19.8 Å². The maximum Gasteiger partial charge on any atom is 0.325 e. The smallest absolute Gasteiger partial charge is 0.325 e. The van der Waals surface area contributed by atoms with Crippen molar-refractivity contribution in [3.8, 4) is 5.88 Å². The average molecular weight is 298 g/mol. The highest BCUT2D eigenvalue weighted by atomic mass is 16.5. The van der Waals surface area contributed by atoms with Gasteiger partial charge in [0.15, 0.2) is 0 Å². The largest absolute Gasteiger partial charge is 0.481 e. The maximum atomic E-state index is 11.9. The molecule has 0 aliphatic rings. The molecule has 0 spiro atoms. The van der Waals surface area contributed by atoms with E-state index in [0.717, 1.165) is 0 Å². The first kappa shape index (κ1) is 16.1. The van der Waals surface area contributed by atoms with Gasteiger partial charge in [-0.1, -0.05) is 0 Å². The summed E-state index contributed by atoms with van der Waals surface area (Å²) in [6.07, 6.45) is 0. The fraction of sp³-hybridized carbons (Fsp3) is 0.364. The van der Waals surface area contributed by atoms with Crippen LogP contribution in [0.1, 0.15) is 5.69 Å². The molecule has 0 unspecified atom stereocenters. The van der Waals surface area contributed by atoms with Crippen molar-refractivity contribution in [1.82, 2.24) is 14.9 Å². The van der Waals surface area contributed by atoms with Gasteiger partial charge in [-0.2, -0.15) is 4.98 Å². The van der Waals surface area contributed by atoms with Gasteiger partial charge in [0, 0.05) is 11.8 Å². The maximum absolute atomic E-state index is 11.9. The Labute approximate surface area is 119 Å². The number of carbonyl (C=O) groups is 3. The monoisotopic (exact) mass is 298 g/mol. The molecule has 0 radical (unpaired) electrons. The van der Waals surface area contributed by atoms with Gasteiger partial charge in [-0.05, 0) is 6.92 Å². The van der Waals surface area contributed by atoms with Crippen LogP contribution in [0.4, 0.5) is 10.7 Å². The van der Waals surface area contributed by atoms with Crippen molar-refractivity contribution in [3.63, 3.8) is 0 Å².